The lowest BCUT2D eigenvalue weighted by atomic mass is 10.1. The van der Waals surface area contributed by atoms with Crippen LogP contribution < -0.4 is 15.0 Å². The van der Waals surface area contributed by atoms with Crippen molar-refractivity contribution >= 4 is 50.7 Å². The summed E-state index contributed by atoms with van der Waals surface area (Å²) in [6.45, 7) is -0.150. The van der Waals surface area contributed by atoms with Crippen LogP contribution in [-0.2, 0) is 4.79 Å². The van der Waals surface area contributed by atoms with Crippen LogP contribution in [0.5, 0.6) is 5.75 Å². The van der Waals surface area contributed by atoms with E-state index in [-0.39, 0.29) is 18.4 Å². The van der Waals surface area contributed by atoms with E-state index >= 15 is 0 Å². The first-order valence-electron chi connectivity index (χ1n) is 8.74. The fourth-order valence-corrected chi connectivity index (χ4v) is 3.12. The summed E-state index contributed by atoms with van der Waals surface area (Å²) in [5, 5.41) is 3.26. The Morgan fingerprint density at radius 2 is 1.72 bits per heavy atom. The summed E-state index contributed by atoms with van der Waals surface area (Å²) in [6.07, 6.45) is 0. The average molecular weight is 474 g/mol. The van der Waals surface area contributed by atoms with Crippen molar-refractivity contribution in [1.29, 1.82) is 0 Å². The number of benzene rings is 3. The third-order valence-corrected chi connectivity index (χ3v) is 5.39. The second-order valence-electron chi connectivity index (χ2n) is 6.13. The number of halogens is 2. The Labute approximate surface area is 182 Å². The Bertz CT molecular complexity index is 1010. The predicted octanol–water partition coefficient (Wildman–Crippen LogP) is 5.40. The van der Waals surface area contributed by atoms with E-state index < -0.39 is 0 Å². The lowest BCUT2D eigenvalue weighted by Gasteiger charge is -2.22. The highest BCUT2D eigenvalue weighted by atomic mass is 79.9. The molecule has 0 bridgehead atoms. The van der Waals surface area contributed by atoms with E-state index in [1.165, 1.54) is 4.90 Å². The molecule has 0 spiro atoms. The van der Waals surface area contributed by atoms with Crippen LogP contribution in [0.15, 0.2) is 77.3 Å². The topological polar surface area (TPSA) is 58.6 Å². The van der Waals surface area contributed by atoms with Gasteiger partial charge in [0.15, 0.2) is 0 Å². The van der Waals surface area contributed by atoms with Gasteiger partial charge in [-0.2, -0.15) is 0 Å². The number of ether oxygens (including phenoxy) is 1. The molecule has 3 aromatic carbocycles. The summed E-state index contributed by atoms with van der Waals surface area (Å²) in [6, 6.07) is 20.9. The van der Waals surface area contributed by atoms with E-state index in [1.54, 1.807) is 61.7 Å². The Morgan fingerprint density at radius 1 is 1.03 bits per heavy atom. The lowest BCUT2D eigenvalue weighted by molar-refractivity contribution is -0.114. The highest BCUT2D eigenvalue weighted by Gasteiger charge is 2.21. The molecule has 0 atom stereocenters. The van der Waals surface area contributed by atoms with Crippen molar-refractivity contribution in [2.24, 2.45) is 0 Å². The smallest absolute Gasteiger partial charge is 0.258 e. The lowest BCUT2D eigenvalue weighted by Crippen LogP contribution is -2.38. The number of amides is 2. The molecule has 0 radical (unpaired) electrons. The molecule has 3 rings (SSSR count). The quantitative estimate of drug-likeness (QED) is 0.522. The van der Waals surface area contributed by atoms with E-state index in [9.17, 15) is 9.59 Å². The second-order valence-corrected chi connectivity index (χ2v) is 7.39. The van der Waals surface area contributed by atoms with Crippen molar-refractivity contribution in [2.75, 3.05) is 23.9 Å². The minimum atomic E-state index is -0.339. The van der Waals surface area contributed by atoms with Gasteiger partial charge >= 0.3 is 0 Å². The van der Waals surface area contributed by atoms with Gasteiger partial charge in [0.25, 0.3) is 5.91 Å². The third kappa shape index (κ3) is 5.37. The Balaban J connectivity index is 1.82. The molecule has 0 fully saturated rings. The predicted molar refractivity (Wildman–Crippen MR) is 119 cm³/mol. The molecule has 1 N–H and O–H groups in total. The molecule has 0 saturated carbocycles. The number of hydrogen-bond donors (Lipinski definition) is 1. The molecule has 2 amide bonds. The van der Waals surface area contributed by atoms with Crippen molar-refractivity contribution in [3.63, 3.8) is 0 Å². The minimum Gasteiger partial charge on any atom is -0.497 e. The van der Waals surface area contributed by atoms with Gasteiger partial charge in [-0.1, -0.05) is 29.8 Å². The number of rotatable bonds is 6. The summed E-state index contributed by atoms with van der Waals surface area (Å²) in [4.78, 5) is 27.2. The SMILES string of the molecule is COc1ccc(C(=O)N(CC(=O)Nc2ccc(Br)c(Cl)c2)c2ccccc2)cc1. The number of anilines is 2. The highest BCUT2D eigenvalue weighted by Crippen LogP contribution is 2.26. The standard InChI is InChI=1S/C22H18BrClN2O3/c1-29-18-10-7-15(8-11-18)22(28)26(17-5-3-2-4-6-17)14-21(27)25-16-9-12-19(23)20(24)13-16/h2-13H,14H2,1H3,(H,25,27). The van der Waals surface area contributed by atoms with Crippen LogP contribution in [0.4, 0.5) is 11.4 Å². The number of para-hydroxylation sites is 1. The first-order chi connectivity index (χ1) is 14.0. The highest BCUT2D eigenvalue weighted by molar-refractivity contribution is 9.10. The van der Waals surface area contributed by atoms with Gasteiger partial charge in [-0.3, -0.25) is 14.5 Å². The van der Waals surface area contributed by atoms with Crippen LogP contribution in [-0.4, -0.2) is 25.5 Å². The molecule has 0 aliphatic heterocycles. The Hall–Kier alpha value is -2.83. The molecule has 0 aliphatic rings. The summed E-state index contributed by atoms with van der Waals surface area (Å²) in [5.74, 6) is 0.0228. The Morgan fingerprint density at radius 3 is 2.34 bits per heavy atom. The largest absolute Gasteiger partial charge is 0.497 e. The molecular formula is C22H18BrClN2O3. The van der Waals surface area contributed by atoms with Gasteiger partial charge in [-0.25, -0.2) is 0 Å². The van der Waals surface area contributed by atoms with Crippen molar-refractivity contribution in [1.82, 2.24) is 0 Å². The zero-order valence-corrected chi connectivity index (χ0v) is 17.9. The van der Waals surface area contributed by atoms with E-state index in [1.807, 2.05) is 18.2 Å². The number of methoxy groups -OCH3 is 1. The third-order valence-electron chi connectivity index (χ3n) is 4.16. The van der Waals surface area contributed by atoms with E-state index in [2.05, 4.69) is 21.2 Å². The van der Waals surface area contributed by atoms with Gasteiger partial charge in [-0.05, 0) is 70.5 Å². The molecule has 5 nitrogen and oxygen atoms in total. The first kappa shape index (κ1) is 20.9. The van der Waals surface area contributed by atoms with Gasteiger partial charge < -0.3 is 10.1 Å². The van der Waals surface area contributed by atoms with Crippen molar-refractivity contribution in [3.05, 3.63) is 87.9 Å². The fraction of sp³-hybridized carbons (Fsp3) is 0.0909. The number of hydrogen-bond acceptors (Lipinski definition) is 3. The van der Waals surface area contributed by atoms with E-state index in [4.69, 9.17) is 16.3 Å². The second kappa shape index (κ2) is 9.58. The first-order valence-corrected chi connectivity index (χ1v) is 9.91. The maximum atomic E-state index is 13.1. The minimum absolute atomic E-state index is 0.150. The number of nitrogens with zero attached hydrogens (tertiary/aromatic N) is 1. The van der Waals surface area contributed by atoms with Gasteiger partial charge in [0.2, 0.25) is 5.91 Å². The van der Waals surface area contributed by atoms with Crippen molar-refractivity contribution in [2.45, 2.75) is 0 Å². The molecule has 3 aromatic rings. The normalized spacial score (nSPS) is 10.3. The molecule has 7 heteroatoms. The zero-order valence-electron chi connectivity index (χ0n) is 15.6. The molecule has 0 heterocycles. The molecule has 148 valence electrons. The maximum Gasteiger partial charge on any atom is 0.258 e. The van der Waals surface area contributed by atoms with Gasteiger partial charge in [0.1, 0.15) is 12.3 Å². The summed E-state index contributed by atoms with van der Waals surface area (Å²) in [5.41, 5.74) is 1.62. The molecular weight excluding hydrogens is 456 g/mol. The molecule has 0 aliphatic carbocycles. The van der Waals surface area contributed by atoms with Crippen LogP contribution in [0.2, 0.25) is 5.02 Å². The maximum absolute atomic E-state index is 13.1. The van der Waals surface area contributed by atoms with E-state index in [0.29, 0.717) is 27.7 Å². The van der Waals surface area contributed by atoms with Gasteiger partial charge in [0.05, 0.1) is 12.1 Å². The molecule has 29 heavy (non-hydrogen) atoms. The fourth-order valence-electron chi connectivity index (χ4n) is 2.70. The van der Waals surface area contributed by atoms with Gasteiger partial charge in [0, 0.05) is 21.4 Å². The summed E-state index contributed by atoms with van der Waals surface area (Å²) in [7, 11) is 1.56. The Kier molecular flexibility index (Phi) is 6.90. The molecule has 0 aromatic heterocycles. The van der Waals surface area contributed by atoms with Gasteiger partial charge in [-0.15, -0.1) is 0 Å². The van der Waals surface area contributed by atoms with Crippen LogP contribution in [0, 0.1) is 0 Å². The van der Waals surface area contributed by atoms with Crippen LogP contribution >= 0.6 is 27.5 Å². The van der Waals surface area contributed by atoms with Crippen LogP contribution in [0.1, 0.15) is 10.4 Å². The summed E-state index contributed by atoms with van der Waals surface area (Å²) >= 11 is 9.40. The van der Waals surface area contributed by atoms with Crippen LogP contribution in [0.3, 0.4) is 0 Å². The molecule has 0 saturated heterocycles. The van der Waals surface area contributed by atoms with Crippen LogP contribution in [0.25, 0.3) is 0 Å². The zero-order chi connectivity index (χ0) is 20.8. The summed E-state index contributed by atoms with van der Waals surface area (Å²) < 4.78 is 5.87. The monoisotopic (exact) mass is 472 g/mol. The molecule has 0 unspecified atom stereocenters. The van der Waals surface area contributed by atoms with Crippen molar-refractivity contribution in [3.8, 4) is 5.75 Å². The average Bonchev–Trinajstić information content (AvgIpc) is 2.75. The van der Waals surface area contributed by atoms with Crippen molar-refractivity contribution < 1.29 is 14.3 Å². The number of nitrogens with one attached hydrogen (secondary N) is 1. The number of carbonyl (C=O) groups is 2. The number of carbonyl (C=O) groups excluding carboxylic acids is 2. The van der Waals surface area contributed by atoms with E-state index in [0.717, 1.165) is 4.47 Å².